The van der Waals surface area contributed by atoms with E-state index in [0.717, 1.165) is 0 Å². The number of fused-ring (bicyclic) bond motifs is 8. The molecule has 0 amide bonds. The summed E-state index contributed by atoms with van der Waals surface area (Å²) in [5, 5.41) is 2.56. The van der Waals surface area contributed by atoms with Crippen molar-refractivity contribution >= 4 is 57.0 Å². The maximum Gasteiger partial charge on any atom is 0.333 e. The van der Waals surface area contributed by atoms with Crippen LogP contribution >= 0.6 is 0 Å². The van der Waals surface area contributed by atoms with Crippen LogP contribution in [0.15, 0.2) is 146 Å². The smallest absolute Gasteiger partial charge is 0.333 e. The Balaban J connectivity index is 1.32. The van der Waals surface area contributed by atoms with Crippen molar-refractivity contribution in [1.82, 2.24) is 0 Å². The average Bonchev–Trinajstić information content (AvgIpc) is 3.11. The number of hydrogen-bond acceptors (Lipinski definition) is 2. The summed E-state index contributed by atoms with van der Waals surface area (Å²) in [6, 6.07) is 54.3. The Morgan fingerprint density at radius 2 is 1.30 bits per heavy atom. The van der Waals surface area contributed by atoms with Crippen molar-refractivity contribution in [3.8, 4) is 22.3 Å². The molecule has 0 N–H and O–H groups in total. The van der Waals surface area contributed by atoms with Crippen molar-refractivity contribution in [1.29, 1.82) is 0 Å². The summed E-state index contributed by atoms with van der Waals surface area (Å²) in [5.41, 5.74) is 18.1. The zero-order chi connectivity index (χ0) is 31.4. The minimum atomic E-state index is -0.131. The molecule has 0 bridgehead atoms. The second kappa shape index (κ2) is 9.50. The first-order valence-electron chi connectivity index (χ1n) is 16.6. The molecule has 7 aromatic rings. The van der Waals surface area contributed by atoms with Crippen molar-refractivity contribution in [3.05, 3.63) is 162 Å². The molecular weight excluding hydrogens is 567 g/mol. The number of aryl methyl sites for hydroxylation is 1. The number of benzene rings is 7. The predicted molar refractivity (Wildman–Crippen MR) is 200 cm³/mol. The van der Waals surface area contributed by atoms with Gasteiger partial charge in [-0.3, -0.25) is 0 Å². The third-order valence-electron chi connectivity index (χ3n) is 10.8. The molecule has 0 atom stereocenters. The number of anilines is 5. The summed E-state index contributed by atoms with van der Waals surface area (Å²) < 4.78 is 0. The van der Waals surface area contributed by atoms with Gasteiger partial charge in [0, 0.05) is 33.7 Å². The van der Waals surface area contributed by atoms with Gasteiger partial charge in [0.25, 0.3) is 0 Å². The Kier molecular flexibility index (Phi) is 5.39. The lowest BCUT2D eigenvalue weighted by Gasteiger charge is -2.50. The Hall–Kier alpha value is -5.54. The Bertz CT molecular complexity index is 2410. The number of rotatable bonds is 2. The van der Waals surface area contributed by atoms with E-state index in [1.54, 1.807) is 0 Å². The quantitative estimate of drug-likeness (QED) is 0.182. The van der Waals surface area contributed by atoms with Crippen LogP contribution in [-0.4, -0.2) is 6.85 Å². The standard InChI is InChI=1S/C44H33BN2/c1-28-26-34-41-33-15-8-7-14-31(33)22-25-39(41)47(32-23-20-30(21-24-32)29-12-5-4-6-13-29)45-37-18-11-17-36-43(37)46(40(27-28)42(34)45)38-19-10-9-16-35(38)44(36,2)3/h4-27H,1-3H3. The van der Waals surface area contributed by atoms with Gasteiger partial charge in [0.2, 0.25) is 0 Å². The van der Waals surface area contributed by atoms with E-state index in [9.17, 15) is 0 Å². The van der Waals surface area contributed by atoms with Gasteiger partial charge in [-0.15, -0.1) is 0 Å². The molecule has 0 aromatic heterocycles. The molecule has 47 heavy (non-hydrogen) atoms. The molecule has 3 heteroatoms. The van der Waals surface area contributed by atoms with Gasteiger partial charge in [-0.2, -0.15) is 0 Å². The molecule has 2 nitrogen and oxygen atoms in total. The van der Waals surface area contributed by atoms with E-state index in [2.05, 4.69) is 176 Å². The van der Waals surface area contributed by atoms with Crippen LogP contribution < -0.4 is 20.6 Å². The number of para-hydroxylation sites is 2. The Labute approximate surface area is 276 Å². The molecule has 3 heterocycles. The molecule has 10 rings (SSSR count). The van der Waals surface area contributed by atoms with E-state index < -0.39 is 0 Å². The van der Waals surface area contributed by atoms with Crippen molar-refractivity contribution < 1.29 is 0 Å². The van der Waals surface area contributed by atoms with Gasteiger partial charge in [-0.25, -0.2) is 0 Å². The second-order valence-corrected chi connectivity index (χ2v) is 13.8. The average molecular weight is 601 g/mol. The third-order valence-corrected chi connectivity index (χ3v) is 10.8. The molecule has 0 spiro atoms. The third kappa shape index (κ3) is 3.57. The SMILES string of the molecule is Cc1cc2c3c(c1)N1c4ccccc4C(C)(C)c4cccc(c41)B3N(c1ccc(-c3ccccc3)cc1)c1ccc3ccccc3c1-2. The summed E-state index contributed by atoms with van der Waals surface area (Å²) in [6.07, 6.45) is 0. The van der Waals surface area contributed by atoms with Crippen molar-refractivity contribution in [3.63, 3.8) is 0 Å². The molecule has 3 aliphatic heterocycles. The fourth-order valence-corrected chi connectivity index (χ4v) is 8.75. The van der Waals surface area contributed by atoms with Crippen LogP contribution in [0.2, 0.25) is 0 Å². The van der Waals surface area contributed by atoms with Crippen LogP contribution in [0.4, 0.5) is 28.4 Å². The predicted octanol–water partition coefficient (Wildman–Crippen LogP) is 10.2. The van der Waals surface area contributed by atoms with E-state index in [1.807, 2.05) is 0 Å². The molecule has 0 unspecified atom stereocenters. The van der Waals surface area contributed by atoms with Gasteiger partial charge in [-0.05, 0) is 92.3 Å². The van der Waals surface area contributed by atoms with Crippen LogP contribution in [0.25, 0.3) is 33.0 Å². The molecule has 0 radical (unpaired) electrons. The highest BCUT2D eigenvalue weighted by Crippen LogP contribution is 2.55. The summed E-state index contributed by atoms with van der Waals surface area (Å²) in [4.78, 5) is 5.21. The van der Waals surface area contributed by atoms with Crippen molar-refractivity contribution in [2.75, 3.05) is 9.71 Å². The van der Waals surface area contributed by atoms with E-state index >= 15 is 0 Å². The van der Waals surface area contributed by atoms with E-state index in [4.69, 9.17) is 0 Å². The molecule has 0 saturated heterocycles. The normalized spacial score (nSPS) is 14.7. The molecule has 222 valence electrons. The largest absolute Gasteiger partial charge is 0.376 e. The van der Waals surface area contributed by atoms with Gasteiger partial charge in [0.1, 0.15) is 0 Å². The number of hydrogen-bond donors (Lipinski definition) is 0. The van der Waals surface area contributed by atoms with Crippen LogP contribution in [0.3, 0.4) is 0 Å². The molecule has 0 saturated carbocycles. The molecular formula is C44H33BN2. The van der Waals surface area contributed by atoms with E-state index in [1.165, 1.54) is 89.1 Å². The van der Waals surface area contributed by atoms with E-state index in [-0.39, 0.29) is 12.3 Å². The zero-order valence-corrected chi connectivity index (χ0v) is 26.8. The summed E-state index contributed by atoms with van der Waals surface area (Å²) >= 11 is 0. The van der Waals surface area contributed by atoms with Gasteiger partial charge in [0.05, 0.1) is 5.69 Å². The molecule has 0 aliphatic carbocycles. The first-order valence-corrected chi connectivity index (χ1v) is 16.6. The van der Waals surface area contributed by atoms with Gasteiger partial charge in [-0.1, -0.05) is 129 Å². The lowest BCUT2D eigenvalue weighted by atomic mass is 9.42. The Morgan fingerprint density at radius 3 is 2.15 bits per heavy atom. The van der Waals surface area contributed by atoms with Gasteiger partial charge < -0.3 is 9.71 Å². The fraction of sp³-hybridized carbons (Fsp3) is 0.0909. The maximum atomic E-state index is 2.62. The molecule has 7 aromatic carbocycles. The van der Waals surface area contributed by atoms with Crippen LogP contribution in [0, 0.1) is 6.92 Å². The van der Waals surface area contributed by atoms with Crippen molar-refractivity contribution in [2.24, 2.45) is 0 Å². The highest BCUT2D eigenvalue weighted by Gasteiger charge is 2.49. The summed E-state index contributed by atoms with van der Waals surface area (Å²) in [5.74, 6) is 0. The van der Waals surface area contributed by atoms with Crippen LogP contribution in [0.1, 0.15) is 30.5 Å². The molecule has 3 aliphatic rings. The second-order valence-electron chi connectivity index (χ2n) is 13.8. The van der Waals surface area contributed by atoms with E-state index in [0.29, 0.717) is 0 Å². The topological polar surface area (TPSA) is 6.48 Å². The fourth-order valence-electron chi connectivity index (χ4n) is 8.75. The minimum absolute atomic E-state index is 0.0177. The minimum Gasteiger partial charge on any atom is -0.376 e. The lowest BCUT2D eigenvalue weighted by molar-refractivity contribution is 0.632. The first kappa shape index (κ1) is 26.7. The van der Waals surface area contributed by atoms with Crippen LogP contribution in [-0.2, 0) is 5.41 Å². The lowest BCUT2D eigenvalue weighted by Crippen LogP contribution is -2.62. The zero-order valence-electron chi connectivity index (χ0n) is 26.8. The van der Waals surface area contributed by atoms with Crippen molar-refractivity contribution in [2.45, 2.75) is 26.2 Å². The maximum absolute atomic E-state index is 2.62. The number of nitrogens with zero attached hydrogens (tertiary/aromatic N) is 2. The summed E-state index contributed by atoms with van der Waals surface area (Å²) in [7, 11) is 0. The Morgan fingerprint density at radius 1 is 0.574 bits per heavy atom. The molecule has 0 fully saturated rings. The monoisotopic (exact) mass is 600 g/mol. The summed E-state index contributed by atoms with van der Waals surface area (Å²) in [6.45, 7) is 7.05. The van der Waals surface area contributed by atoms with Crippen LogP contribution in [0.5, 0.6) is 0 Å². The highest BCUT2D eigenvalue weighted by atomic mass is 15.2. The van der Waals surface area contributed by atoms with Gasteiger partial charge in [0.15, 0.2) is 0 Å². The highest BCUT2D eigenvalue weighted by molar-refractivity contribution is 6.93. The first-order chi connectivity index (χ1) is 23.0. The van der Waals surface area contributed by atoms with Gasteiger partial charge >= 0.3 is 6.85 Å².